The fourth-order valence-electron chi connectivity index (χ4n) is 9.49. The predicted octanol–water partition coefficient (Wildman–Crippen LogP) is 14.9. The van der Waals surface area contributed by atoms with E-state index in [1.54, 1.807) is 0 Å². The summed E-state index contributed by atoms with van der Waals surface area (Å²) < 4.78 is 6.62. The molecule has 0 spiro atoms. The van der Waals surface area contributed by atoms with Gasteiger partial charge in [-0.3, -0.25) is 0 Å². The van der Waals surface area contributed by atoms with Crippen LogP contribution in [0.5, 0.6) is 0 Å². The molecule has 2 heteroatoms. The zero-order chi connectivity index (χ0) is 36.0. The fraction of sp³-hybridized carbons (Fsp3) is 0.0566. The average Bonchev–Trinajstić information content (AvgIpc) is 3.97. The first-order chi connectivity index (χ1) is 27.3. The Balaban J connectivity index is 0.957. The summed E-state index contributed by atoms with van der Waals surface area (Å²) in [4.78, 5) is 2.32. The molecule has 0 aliphatic heterocycles. The third-order valence-electron chi connectivity index (χ3n) is 12.2. The first kappa shape index (κ1) is 30.6. The van der Waals surface area contributed by atoms with Crippen LogP contribution >= 0.6 is 0 Å². The number of benzene rings is 9. The number of anilines is 3. The highest BCUT2D eigenvalue weighted by molar-refractivity contribution is 6.15. The number of rotatable bonds is 5. The smallest absolute Gasteiger partial charge is 0.143 e. The van der Waals surface area contributed by atoms with Crippen molar-refractivity contribution >= 4 is 60.5 Å². The molecule has 12 rings (SSSR count). The molecule has 0 bridgehead atoms. The van der Waals surface area contributed by atoms with Crippen molar-refractivity contribution in [2.75, 3.05) is 4.90 Å². The summed E-state index contributed by atoms with van der Waals surface area (Å²) in [5, 5.41) is 7.35. The fourth-order valence-corrected chi connectivity index (χ4v) is 9.49. The van der Waals surface area contributed by atoms with Crippen molar-refractivity contribution in [1.82, 2.24) is 0 Å². The Morgan fingerprint density at radius 2 is 1.07 bits per heavy atom. The van der Waals surface area contributed by atoms with Gasteiger partial charge < -0.3 is 9.32 Å². The van der Waals surface area contributed by atoms with Crippen molar-refractivity contribution in [3.8, 4) is 33.4 Å². The minimum atomic E-state index is 0.601. The molecule has 1 heterocycles. The van der Waals surface area contributed by atoms with E-state index in [1.165, 1.54) is 67.1 Å². The summed E-state index contributed by atoms with van der Waals surface area (Å²) >= 11 is 0. The van der Waals surface area contributed by atoms with Crippen molar-refractivity contribution in [1.29, 1.82) is 0 Å². The van der Waals surface area contributed by atoms with E-state index in [2.05, 4.69) is 193 Å². The van der Waals surface area contributed by atoms with Gasteiger partial charge in [-0.05, 0) is 134 Å². The van der Waals surface area contributed by atoms with E-state index >= 15 is 0 Å². The molecule has 55 heavy (non-hydrogen) atoms. The zero-order valence-corrected chi connectivity index (χ0v) is 30.1. The lowest BCUT2D eigenvalue weighted by Crippen LogP contribution is -2.09. The highest BCUT2D eigenvalue weighted by Crippen LogP contribution is 2.64. The Morgan fingerprint density at radius 3 is 1.91 bits per heavy atom. The number of fused-ring (bicyclic) bond motifs is 13. The van der Waals surface area contributed by atoms with Crippen molar-refractivity contribution in [2.45, 2.75) is 18.3 Å². The molecule has 2 aliphatic rings. The molecule has 0 N–H and O–H groups in total. The van der Waals surface area contributed by atoms with Gasteiger partial charge in [0.25, 0.3) is 0 Å². The van der Waals surface area contributed by atoms with Crippen LogP contribution < -0.4 is 4.90 Å². The van der Waals surface area contributed by atoms with Crippen LogP contribution in [0.15, 0.2) is 192 Å². The van der Waals surface area contributed by atoms with Crippen LogP contribution in [0.2, 0.25) is 0 Å². The minimum Gasteiger partial charge on any atom is -0.455 e. The molecule has 2 nitrogen and oxygen atoms in total. The quantitative estimate of drug-likeness (QED) is 0.178. The maximum absolute atomic E-state index is 6.62. The third-order valence-corrected chi connectivity index (χ3v) is 12.2. The number of nitrogens with zero attached hydrogens (tertiary/aromatic N) is 1. The molecule has 1 fully saturated rings. The largest absolute Gasteiger partial charge is 0.455 e. The third kappa shape index (κ3) is 4.74. The zero-order valence-electron chi connectivity index (χ0n) is 30.1. The first-order valence-corrected chi connectivity index (χ1v) is 19.3. The lowest BCUT2D eigenvalue weighted by molar-refractivity contribution is 0.672. The Labute approximate surface area is 319 Å². The monoisotopic (exact) mass is 701 g/mol. The molecule has 10 aromatic rings. The molecule has 0 saturated heterocycles. The van der Waals surface area contributed by atoms with Crippen LogP contribution in [0.3, 0.4) is 0 Å². The lowest BCUT2D eigenvalue weighted by Gasteiger charge is -2.26. The standard InChI is InChI=1S/C53H35NO/c1-3-11-34(12-4-1)46-31-49-47-29-36(22-26-42(47)48-32-50(48)52(49)44-18-10-9-17-41(44)46)33-19-23-38(24-20-33)54(37-14-5-2-6-15-37)39-25-28-43-45-27-21-35-13-7-8-16-40(35)53(45)55-51(43)30-39/h1-31,48,50H,32H2. The van der Waals surface area contributed by atoms with Gasteiger partial charge in [-0.1, -0.05) is 127 Å². The van der Waals surface area contributed by atoms with Crippen LogP contribution in [-0.2, 0) is 0 Å². The predicted molar refractivity (Wildman–Crippen MR) is 230 cm³/mol. The van der Waals surface area contributed by atoms with E-state index in [1.807, 2.05) is 0 Å². The summed E-state index contributed by atoms with van der Waals surface area (Å²) in [7, 11) is 0. The van der Waals surface area contributed by atoms with Crippen molar-refractivity contribution in [2.24, 2.45) is 0 Å². The molecule has 258 valence electrons. The van der Waals surface area contributed by atoms with E-state index in [9.17, 15) is 0 Å². The number of furan rings is 1. The maximum Gasteiger partial charge on any atom is 0.143 e. The van der Waals surface area contributed by atoms with Gasteiger partial charge in [0.05, 0.1) is 0 Å². The van der Waals surface area contributed by atoms with Crippen LogP contribution in [0.4, 0.5) is 17.1 Å². The normalized spacial score (nSPS) is 15.6. The lowest BCUT2D eigenvalue weighted by atomic mass is 9.80. The number of hydrogen-bond acceptors (Lipinski definition) is 2. The maximum atomic E-state index is 6.62. The highest BCUT2D eigenvalue weighted by Gasteiger charge is 2.46. The second kappa shape index (κ2) is 11.8. The molecular weight excluding hydrogens is 667 g/mol. The average molecular weight is 702 g/mol. The van der Waals surface area contributed by atoms with Gasteiger partial charge in [0, 0.05) is 39.3 Å². The molecule has 2 unspecified atom stereocenters. The van der Waals surface area contributed by atoms with Gasteiger partial charge in [-0.25, -0.2) is 0 Å². The Bertz CT molecular complexity index is 3120. The van der Waals surface area contributed by atoms with Crippen molar-refractivity contribution in [3.63, 3.8) is 0 Å². The van der Waals surface area contributed by atoms with Gasteiger partial charge in [0.1, 0.15) is 11.2 Å². The molecule has 2 aliphatic carbocycles. The van der Waals surface area contributed by atoms with Gasteiger partial charge >= 0.3 is 0 Å². The summed E-state index contributed by atoms with van der Waals surface area (Å²) in [5.41, 5.74) is 15.9. The topological polar surface area (TPSA) is 16.4 Å². The van der Waals surface area contributed by atoms with Crippen LogP contribution in [0.1, 0.15) is 29.4 Å². The van der Waals surface area contributed by atoms with Gasteiger partial charge in [-0.15, -0.1) is 0 Å². The summed E-state index contributed by atoms with van der Waals surface area (Å²) in [5.74, 6) is 1.21. The van der Waals surface area contributed by atoms with E-state index in [0.717, 1.165) is 44.4 Å². The van der Waals surface area contributed by atoms with Crippen molar-refractivity contribution < 1.29 is 4.42 Å². The van der Waals surface area contributed by atoms with E-state index < -0.39 is 0 Å². The number of para-hydroxylation sites is 1. The van der Waals surface area contributed by atoms with Gasteiger partial charge in [0.15, 0.2) is 0 Å². The Morgan fingerprint density at radius 1 is 0.400 bits per heavy atom. The Hall–Kier alpha value is -6.90. The first-order valence-electron chi connectivity index (χ1n) is 19.3. The molecule has 1 saturated carbocycles. The summed E-state index contributed by atoms with van der Waals surface area (Å²) in [6.07, 6.45) is 1.23. The second-order valence-corrected chi connectivity index (χ2v) is 15.2. The molecule has 1 aromatic heterocycles. The van der Waals surface area contributed by atoms with E-state index in [-0.39, 0.29) is 0 Å². The van der Waals surface area contributed by atoms with Crippen LogP contribution in [-0.4, -0.2) is 0 Å². The minimum absolute atomic E-state index is 0.601. The van der Waals surface area contributed by atoms with Gasteiger partial charge in [-0.2, -0.15) is 0 Å². The van der Waals surface area contributed by atoms with Crippen molar-refractivity contribution in [3.05, 3.63) is 199 Å². The molecule has 9 aromatic carbocycles. The summed E-state index contributed by atoms with van der Waals surface area (Å²) in [6.45, 7) is 0. The van der Waals surface area contributed by atoms with Crippen LogP contribution in [0, 0.1) is 0 Å². The number of hydrogen-bond donors (Lipinski definition) is 0. The molecule has 0 amide bonds. The molecule has 0 radical (unpaired) electrons. The Kier molecular flexibility index (Phi) is 6.55. The van der Waals surface area contributed by atoms with E-state index in [4.69, 9.17) is 4.42 Å². The molecule has 2 atom stereocenters. The van der Waals surface area contributed by atoms with E-state index in [0.29, 0.717) is 11.8 Å². The summed E-state index contributed by atoms with van der Waals surface area (Å²) in [6, 6.07) is 68.7. The van der Waals surface area contributed by atoms with Gasteiger partial charge in [0.2, 0.25) is 0 Å². The van der Waals surface area contributed by atoms with Crippen LogP contribution in [0.25, 0.3) is 76.9 Å². The molecular formula is C53H35NO. The second-order valence-electron chi connectivity index (χ2n) is 15.2. The SMILES string of the molecule is c1ccc(-c2cc3c(c4ccccc24)C2CC2c2ccc(-c4ccc(N(c5ccccc5)c5ccc6c(c5)oc5c7ccccc7ccc65)cc4)cc2-3)cc1. The highest BCUT2D eigenvalue weighted by atomic mass is 16.3.